The molecule has 126 heavy (non-hydrogen) atoms. The van der Waals surface area contributed by atoms with E-state index in [1.54, 1.807) is 16.7 Å². The number of ketones is 1. The van der Waals surface area contributed by atoms with E-state index in [1.807, 2.05) is 5.43 Å². The molecule has 15 aliphatic carbocycles. The maximum atomic E-state index is 14.0. The molecule has 1 aliphatic heterocycles. The van der Waals surface area contributed by atoms with Crippen LogP contribution >= 0.6 is 85.5 Å². The van der Waals surface area contributed by atoms with Gasteiger partial charge in [-0.2, -0.15) is 20.4 Å². The Balaban J connectivity index is 0.000000163. The minimum absolute atomic E-state index is 0. The monoisotopic (exact) mass is 2140 g/mol. The number of rotatable bonds is 5. The van der Waals surface area contributed by atoms with Gasteiger partial charge in [-0.3, -0.25) is 30.3 Å². The Morgan fingerprint density at radius 1 is 0.476 bits per heavy atom. The smallest absolute Gasteiger partial charge is 0.177 e. The molecule has 18 N–H and O–H groups in total. The molecule has 18 nitrogen and oxygen atoms in total. The molecular formula is C101H163ClI3N16O2S3-. The Morgan fingerprint density at radius 3 is 1.13 bits per heavy atom. The van der Waals surface area contributed by atoms with Crippen LogP contribution in [0.4, 0.5) is 17.5 Å². The zero-order valence-electron chi connectivity index (χ0n) is 78.2. The minimum atomic E-state index is -0.361. The van der Waals surface area contributed by atoms with E-state index in [4.69, 9.17) is 69.8 Å². The normalized spacial score (nSPS) is 41.3. The number of nitrogens with two attached hydrogens (primary N) is 6. The third-order valence-electron chi connectivity index (χ3n) is 41.4. The van der Waals surface area contributed by atoms with E-state index in [-0.39, 0.29) is 148 Å². The molecule has 19 rings (SSSR count). The Hall–Kier alpha value is -3.03. The molecule has 9 fully saturated rings. The number of hydrazone groups is 1. The number of fused-ring (bicyclic) bond motifs is 24. The predicted octanol–water partition coefficient (Wildman–Crippen LogP) is 20.6. The summed E-state index contributed by atoms with van der Waals surface area (Å²) in [5, 5.41) is 31.6. The molecule has 16 aliphatic rings. The molecule has 4 heterocycles. The fraction of sp³-hybridized carbons (Fsp3) is 0.792. The first-order valence-corrected chi connectivity index (χ1v) is 61.1. The zero-order valence-corrected chi connectivity index (χ0v) is 87.9. The fourth-order valence-corrected chi connectivity index (χ4v) is 35.0. The number of nitrogen functional groups attached to an aromatic ring is 3. The molecule has 0 spiro atoms. The Morgan fingerprint density at radius 2 is 0.786 bits per heavy atom. The number of halogens is 4. The largest absolute Gasteiger partial charge is 0.375 e. The van der Waals surface area contributed by atoms with Crippen molar-refractivity contribution in [1.29, 1.82) is 0 Å². The summed E-state index contributed by atoms with van der Waals surface area (Å²) >= 11 is 26.7. The number of hydrogen-bond donors (Lipinski definition) is 12. The maximum absolute atomic E-state index is 14.0. The topological polar surface area (TPSA) is 325 Å². The predicted molar refractivity (Wildman–Crippen MR) is 548 cm³/mol. The van der Waals surface area contributed by atoms with Crippen LogP contribution in [0.3, 0.4) is 0 Å². The van der Waals surface area contributed by atoms with Crippen molar-refractivity contribution in [1.82, 2.24) is 46.8 Å². The number of nitrogens with zero attached hydrogens (tertiary/aromatic N) is 4. The fourth-order valence-electron chi connectivity index (χ4n) is 34.4. The van der Waals surface area contributed by atoms with Gasteiger partial charge in [0.05, 0.1) is 17.7 Å². The average Bonchev–Trinajstić information content (AvgIpc) is 0.865. The van der Waals surface area contributed by atoms with Crippen molar-refractivity contribution in [2.75, 3.05) is 23.7 Å². The number of anilines is 3. The van der Waals surface area contributed by atoms with Crippen LogP contribution < -0.4 is 63.9 Å². The van der Waals surface area contributed by atoms with Crippen LogP contribution in [0.2, 0.25) is 0 Å². The standard InChI is InChI=1S/C33H51N5OS.C33H49N5S.C31H46ClN3O.CH5N3S.3CH4.I3/c1-28(2)12-14-33(24(39)18-36-27(35)40)15-13-31(6)20(21(33)17-28)8-9-23-30(5)16-19-25(37-38-26(19)34)29(3,4)22(30)10-11-32(23,31)7;1-28(2)12-14-33(24-16-25(39)36-35-24)15-13-31(6)20(21(33)18-28)8-9-23-30(5)17-19-26(37-38-27(19)34)29(3,4)22(30)10-11-32(23,31)7;1-26(2)12-14-31(25(32)36)15-13-29(6)19(20(31)17-26)8-9-22-28(5)16-18-23(34-35-24(18)33)27(3,4)21(28)10-11-30(22,29)7;2-1(5)4-3;;;;1-3-2/h8,21-23H,9-18H2,1-7H3,(H3,34,37,38)(H3,35,36,40);8,21-23H,9-18H2,1-7H3,(H,36,39)(H3,34,37,38);8,20-22H,9-17H2,1-7H3,(H3,33,34,35);3H2,(H3,2,4,5);3*1H4;/q;;;;;;;-1/t2*21?,22?,23?,30-,31+,32+,33-;20?,21?,22?,28-,29+,30+,31-;;;;;/m000...../s1. The number of Topliss-reactive ketones (excluding diaryl/α,β-unsaturated/α-hetero) is 1. The van der Waals surface area contributed by atoms with Gasteiger partial charge in [0.15, 0.2) is 16.0 Å². The van der Waals surface area contributed by atoms with Gasteiger partial charge in [0.1, 0.15) is 22.4 Å². The van der Waals surface area contributed by atoms with Gasteiger partial charge in [-0.1, -0.05) is 215 Å². The number of aromatic amines is 3. The Kier molecular flexibility index (Phi) is 27.5. The first kappa shape index (κ1) is 102. The molecule has 25 heteroatoms. The summed E-state index contributed by atoms with van der Waals surface area (Å²) in [5.74, 6) is 11.8. The Labute approximate surface area is 809 Å². The van der Waals surface area contributed by atoms with Crippen LogP contribution in [0.1, 0.15) is 362 Å². The quantitative estimate of drug-likeness (QED) is 0.0282. The second-order valence-corrected chi connectivity index (χ2v) is 66.9. The van der Waals surface area contributed by atoms with Crippen molar-refractivity contribution in [2.45, 2.75) is 364 Å². The first-order chi connectivity index (χ1) is 57.0. The molecule has 0 saturated heterocycles. The van der Waals surface area contributed by atoms with Crippen molar-refractivity contribution in [2.24, 2.45) is 157 Å². The Bertz CT molecular complexity index is 4880. The summed E-state index contributed by atoms with van der Waals surface area (Å²) < 4.78 is 0. The number of thiocarbonyl (C=S) groups is 3. The summed E-state index contributed by atoms with van der Waals surface area (Å²) in [6.07, 6.45) is 39.4. The molecule has 3 aromatic rings. The van der Waals surface area contributed by atoms with Crippen molar-refractivity contribution in [3.63, 3.8) is 0 Å². The van der Waals surface area contributed by atoms with E-state index in [9.17, 15) is 9.59 Å². The number of hydrazine groups is 1. The molecule has 0 amide bonds. The number of carbonyl (C=O) groups is 2. The molecule has 9 saturated carbocycles. The molecule has 706 valence electrons. The summed E-state index contributed by atoms with van der Waals surface area (Å²) in [4.78, 5) is 28.0. The summed E-state index contributed by atoms with van der Waals surface area (Å²) in [7, 11) is 0. The van der Waals surface area contributed by atoms with Crippen LogP contribution in [0.5, 0.6) is 0 Å². The summed E-state index contributed by atoms with van der Waals surface area (Å²) in [6.45, 7) is 52.8. The van der Waals surface area contributed by atoms with Crippen molar-refractivity contribution < 1.29 is 22.8 Å². The van der Waals surface area contributed by atoms with E-state index in [0.29, 0.717) is 77.5 Å². The van der Waals surface area contributed by atoms with Crippen LogP contribution in [0, 0.1) is 134 Å². The van der Waals surface area contributed by atoms with Gasteiger partial charge < -0.3 is 39.4 Å². The number of aromatic nitrogens is 6. The molecule has 0 aromatic carbocycles. The van der Waals surface area contributed by atoms with Gasteiger partial charge in [0, 0.05) is 67.3 Å². The number of carbonyl (C=O) groups excluding carboxylic acids is 2. The number of allylic oxidation sites excluding steroid dienone is 6. The number of H-pyrrole nitrogens is 3. The van der Waals surface area contributed by atoms with Crippen molar-refractivity contribution in [3.05, 3.63) is 68.7 Å². The second-order valence-electron chi connectivity index (χ2n) is 48.9. The van der Waals surface area contributed by atoms with Crippen molar-refractivity contribution in [3.8, 4) is 0 Å². The number of nitrogens with one attached hydrogen (secondary N) is 6. The van der Waals surface area contributed by atoms with E-state index in [2.05, 4.69) is 260 Å². The van der Waals surface area contributed by atoms with E-state index < -0.39 is 0 Å². The first-order valence-electron chi connectivity index (χ1n) is 46.9. The second kappa shape index (κ2) is 34.0. The molecular weight excluding hydrogens is 1980 g/mol. The average molecular weight is 2150 g/mol. The SMILES string of the molecule is C.C.C.CC1(C)CC[C@]2(C(=O)CNC(N)=S)CC[C@]3(C)C(=CCC4[C@@]5(C)Cc6c(N)n[nH]c6C(C)(C)C5CC[C@]43C)C2C1.CC1(C)CC[C@]2(C(=O)Cl)CC[C@]3(C)C(=CCC4[C@@]5(C)Cc6c(N)n[nH]c6C(C)(C)C5CC[C@]43C)C2C1.CC1(C)CC[C@]2(C3=NNC(=S)C3)CC[C@]3(C)C(=CCC4[C@@]5(C)Cc6c(N)n[nH]c6C(C)(C)C5CC[C@]43C)C2C1.I[I-]I.NNC(N)=S. The van der Waals surface area contributed by atoms with Gasteiger partial charge in [-0.15, -0.1) is 0 Å². The minimum Gasteiger partial charge on any atom is -0.375 e. The number of hydrogen-bond acceptors (Lipinski definition) is 13. The molecule has 9 unspecified atom stereocenters. The molecule has 0 radical (unpaired) electrons. The van der Waals surface area contributed by atoms with Gasteiger partial charge in [-0.25, -0.2) is 5.84 Å². The zero-order chi connectivity index (χ0) is 90.0. The van der Waals surface area contributed by atoms with Crippen molar-refractivity contribution >= 4 is 135 Å². The van der Waals surface area contributed by atoms with Crippen LogP contribution in [0.15, 0.2) is 40.0 Å². The summed E-state index contributed by atoms with van der Waals surface area (Å²) in [5.41, 5.74) is 51.1. The summed E-state index contributed by atoms with van der Waals surface area (Å²) in [6, 6.07) is 0. The maximum Gasteiger partial charge on any atom is 0.177 e. The van der Waals surface area contributed by atoms with E-state index in [0.717, 1.165) is 114 Å². The van der Waals surface area contributed by atoms with Gasteiger partial charge in [-0.05, 0) is 328 Å². The van der Waals surface area contributed by atoms with Gasteiger partial charge in [0.2, 0.25) is 5.24 Å². The molecule has 0 bridgehead atoms. The molecule has 21 atom stereocenters. The van der Waals surface area contributed by atoms with Crippen LogP contribution in [0.25, 0.3) is 0 Å². The van der Waals surface area contributed by atoms with Gasteiger partial charge >= 0.3 is 50.5 Å². The molecule has 3 aromatic heterocycles. The third kappa shape index (κ3) is 15.1. The van der Waals surface area contributed by atoms with Crippen LogP contribution in [-0.4, -0.2) is 69.1 Å². The van der Waals surface area contributed by atoms with Crippen LogP contribution in [-0.2, 0) is 45.1 Å². The van der Waals surface area contributed by atoms with Gasteiger partial charge in [0.25, 0.3) is 0 Å². The third-order valence-corrected chi connectivity index (χ3v) is 42.2. The van der Waals surface area contributed by atoms with E-state index >= 15 is 0 Å². The van der Waals surface area contributed by atoms with E-state index in [1.165, 1.54) is 117 Å².